The summed E-state index contributed by atoms with van der Waals surface area (Å²) in [6.07, 6.45) is 0. The molecule has 0 saturated heterocycles. The third-order valence-electron chi connectivity index (χ3n) is 7.52. The van der Waals surface area contributed by atoms with Crippen molar-refractivity contribution in [2.75, 3.05) is 34.2 Å². The van der Waals surface area contributed by atoms with E-state index in [0.29, 0.717) is 23.0 Å². The van der Waals surface area contributed by atoms with E-state index in [4.69, 9.17) is 28.4 Å². The number of carbonyl (C=O) groups is 2. The van der Waals surface area contributed by atoms with Crippen molar-refractivity contribution in [3.63, 3.8) is 0 Å². The van der Waals surface area contributed by atoms with Crippen LogP contribution < -0.4 is 18.9 Å². The van der Waals surface area contributed by atoms with Gasteiger partial charge in [-0.2, -0.15) is 0 Å². The summed E-state index contributed by atoms with van der Waals surface area (Å²) in [5, 5.41) is 0. The van der Waals surface area contributed by atoms with Crippen LogP contribution in [0, 0.1) is 19.8 Å². The van der Waals surface area contributed by atoms with Crippen LogP contribution in [0.15, 0.2) is 48.5 Å². The summed E-state index contributed by atoms with van der Waals surface area (Å²) in [5.41, 5.74) is 5.94. The van der Waals surface area contributed by atoms with Gasteiger partial charge in [0.2, 0.25) is 6.79 Å². The van der Waals surface area contributed by atoms with Gasteiger partial charge in [0, 0.05) is 23.5 Å². The highest BCUT2D eigenvalue weighted by Crippen LogP contribution is 2.56. The highest BCUT2D eigenvalue weighted by molar-refractivity contribution is 5.80. The van der Waals surface area contributed by atoms with E-state index < -0.39 is 17.8 Å². The Morgan fingerprint density at radius 2 is 1.59 bits per heavy atom. The molecule has 0 unspecified atom stereocenters. The number of benzene rings is 3. The van der Waals surface area contributed by atoms with E-state index in [-0.39, 0.29) is 31.9 Å². The third kappa shape index (κ3) is 4.87. The predicted molar refractivity (Wildman–Crippen MR) is 143 cm³/mol. The Hall–Kier alpha value is -4.20. The zero-order valence-corrected chi connectivity index (χ0v) is 22.7. The molecular formula is C31H32O8. The zero-order valence-electron chi connectivity index (χ0n) is 22.7. The molecule has 0 N–H and O–H groups in total. The molecule has 0 aromatic heterocycles. The number of rotatable bonds is 8. The molecule has 2 aliphatic rings. The minimum Gasteiger partial charge on any atom is -0.497 e. The molecular weight excluding hydrogens is 500 g/mol. The topological polar surface area (TPSA) is 89.5 Å². The normalized spacial score (nSPS) is 18.8. The molecule has 0 radical (unpaired) electrons. The van der Waals surface area contributed by atoms with Crippen LogP contribution in [0.4, 0.5) is 0 Å². The standard InChI is InChI=1S/C31H32O8/c1-6-36-27(32)15-37-25-14-20(34-4)8-9-21(25)29-23-12-18(3)17(2)11-22(23)28(30(29)31(33)35-5)19-7-10-24-26(13-19)39-16-38-24/h7-14,28-30H,6,15-16H2,1-5H3/t28-,29+,30+/m0/s1. The summed E-state index contributed by atoms with van der Waals surface area (Å²) in [4.78, 5) is 25.8. The van der Waals surface area contributed by atoms with Crippen LogP contribution >= 0.6 is 0 Å². The Morgan fingerprint density at radius 1 is 0.872 bits per heavy atom. The largest absolute Gasteiger partial charge is 0.497 e. The quantitative estimate of drug-likeness (QED) is 0.373. The third-order valence-corrected chi connectivity index (χ3v) is 7.52. The van der Waals surface area contributed by atoms with Gasteiger partial charge in [0.1, 0.15) is 11.5 Å². The van der Waals surface area contributed by atoms with E-state index in [1.165, 1.54) is 7.11 Å². The predicted octanol–water partition coefficient (Wildman–Crippen LogP) is 5.05. The van der Waals surface area contributed by atoms with Crippen LogP contribution in [-0.4, -0.2) is 46.2 Å². The molecule has 1 heterocycles. The molecule has 1 aliphatic carbocycles. The molecule has 3 atom stereocenters. The van der Waals surface area contributed by atoms with Crippen LogP contribution in [0.25, 0.3) is 0 Å². The van der Waals surface area contributed by atoms with Crippen LogP contribution in [0.5, 0.6) is 23.0 Å². The van der Waals surface area contributed by atoms with Gasteiger partial charge in [-0.15, -0.1) is 0 Å². The zero-order chi connectivity index (χ0) is 27.7. The lowest BCUT2D eigenvalue weighted by molar-refractivity contribution is -0.147. The first-order valence-electron chi connectivity index (χ1n) is 12.9. The Morgan fingerprint density at radius 3 is 2.28 bits per heavy atom. The van der Waals surface area contributed by atoms with Gasteiger partial charge in [-0.05, 0) is 66.8 Å². The van der Waals surface area contributed by atoms with Crippen LogP contribution in [0.3, 0.4) is 0 Å². The second kappa shape index (κ2) is 10.9. The fourth-order valence-corrected chi connectivity index (χ4v) is 5.60. The summed E-state index contributed by atoms with van der Waals surface area (Å²) in [5.74, 6) is 0.172. The molecule has 0 bridgehead atoms. The van der Waals surface area contributed by atoms with Crippen molar-refractivity contribution in [3.05, 3.63) is 81.9 Å². The lowest BCUT2D eigenvalue weighted by Gasteiger charge is -2.26. The second-order valence-corrected chi connectivity index (χ2v) is 9.68. The van der Waals surface area contributed by atoms with E-state index in [9.17, 15) is 9.59 Å². The number of fused-ring (bicyclic) bond motifs is 2. The van der Waals surface area contributed by atoms with E-state index in [1.807, 2.05) is 30.3 Å². The van der Waals surface area contributed by atoms with Crippen LogP contribution in [0.2, 0.25) is 0 Å². The van der Waals surface area contributed by atoms with Crippen molar-refractivity contribution in [2.24, 2.45) is 5.92 Å². The maximum atomic E-state index is 13.6. The van der Waals surface area contributed by atoms with Gasteiger partial charge in [0.15, 0.2) is 18.1 Å². The lowest BCUT2D eigenvalue weighted by Crippen LogP contribution is -2.26. The van der Waals surface area contributed by atoms with E-state index in [2.05, 4.69) is 26.0 Å². The first kappa shape index (κ1) is 26.4. The average Bonchev–Trinajstić information content (AvgIpc) is 3.53. The highest BCUT2D eigenvalue weighted by atomic mass is 16.7. The number of methoxy groups -OCH3 is 2. The summed E-state index contributed by atoms with van der Waals surface area (Å²) in [7, 11) is 2.97. The van der Waals surface area contributed by atoms with Gasteiger partial charge in [0.05, 0.1) is 26.7 Å². The smallest absolute Gasteiger partial charge is 0.344 e. The number of hydrogen-bond donors (Lipinski definition) is 0. The van der Waals surface area contributed by atoms with Crippen molar-refractivity contribution in [1.29, 1.82) is 0 Å². The van der Waals surface area contributed by atoms with Gasteiger partial charge in [0.25, 0.3) is 0 Å². The SMILES string of the molecule is CCOC(=O)COc1cc(OC)ccc1[C@@H]1c2cc(C)c(C)cc2[C@H](c2ccc3c(c2)OCO3)[C@H]1C(=O)OC. The van der Waals surface area contributed by atoms with E-state index >= 15 is 0 Å². The van der Waals surface area contributed by atoms with Gasteiger partial charge in [-0.1, -0.05) is 24.3 Å². The van der Waals surface area contributed by atoms with Gasteiger partial charge in [-0.25, -0.2) is 4.79 Å². The Kier molecular flexibility index (Phi) is 7.37. The molecule has 1 aliphatic heterocycles. The Balaban J connectivity index is 1.69. The summed E-state index contributed by atoms with van der Waals surface area (Å²) in [6, 6.07) is 15.5. The molecule has 0 amide bonds. The van der Waals surface area contributed by atoms with Crippen molar-refractivity contribution in [2.45, 2.75) is 32.6 Å². The maximum Gasteiger partial charge on any atom is 0.344 e. The first-order valence-corrected chi connectivity index (χ1v) is 12.9. The second-order valence-electron chi connectivity index (χ2n) is 9.68. The monoisotopic (exact) mass is 532 g/mol. The molecule has 8 heteroatoms. The van der Waals surface area contributed by atoms with E-state index in [0.717, 1.165) is 33.4 Å². The molecule has 39 heavy (non-hydrogen) atoms. The first-order chi connectivity index (χ1) is 18.9. The molecule has 3 aromatic rings. The maximum absolute atomic E-state index is 13.6. The van der Waals surface area contributed by atoms with Crippen molar-refractivity contribution in [3.8, 4) is 23.0 Å². The number of carbonyl (C=O) groups excluding carboxylic acids is 2. The van der Waals surface area contributed by atoms with Crippen LogP contribution in [0.1, 0.15) is 52.1 Å². The number of hydrogen-bond acceptors (Lipinski definition) is 8. The Labute approximate surface area is 227 Å². The molecule has 3 aromatic carbocycles. The highest BCUT2D eigenvalue weighted by Gasteiger charge is 2.48. The minimum absolute atomic E-state index is 0.161. The average molecular weight is 533 g/mol. The molecule has 204 valence electrons. The number of aryl methyl sites for hydroxylation is 2. The lowest BCUT2D eigenvalue weighted by atomic mass is 9.79. The number of esters is 2. The molecule has 5 rings (SSSR count). The molecule has 0 saturated carbocycles. The van der Waals surface area contributed by atoms with Crippen LogP contribution in [-0.2, 0) is 19.1 Å². The fourth-order valence-electron chi connectivity index (χ4n) is 5.60. The van der Waals surface area contributed by atoms with E-state index in [1.54, 1.807) is 20.1 Å². The van der Waals surface area contributed by atoms with Crippen molar-refractivity contribution >= 4 is 11.9 Å². The molecule has 0 fully saturated rings. The Bertz CT molecular complexity index is 1410. The fraction of sp³-hybridized carbons (Fsp3) is 0.355. The summed E-state index contributed by atoms with van der Waals surface area (Å²) in [6.45, 7) is 6.01. The van der Waals surface area contributed by atoms with Crippen molar-refractivity contribution in [1.82, 2.24) is 0 Å². The summed E-state index contributed by atoms with van der Waals surface area (Å²) >= 11 is 0. The minimum atomic E-state index is -0.607. The van der Waals surface area contributed by atoms with Crippen molar-refractivity contribution < 1.29 is 38.0 Å². The van der Waals surface area contributed by atoms with Gasteiger partial charge in [-0.3, -0.25) is 4.79 Å². The van der Waals surface area contributed by atoms with Gasteiger partial charge < -0.3 is 28.4 Å². The summed E-state index contributed by atoms with van der Waals surface area (Å²) < 4.78 is 33.1. The number of ether oxygens (including phenoxy) is 6. The molecule has 8 nitrogen and oxygen atoms in total. The molecule has 0 spiro atoms. The van der Waals surface area contributed by atoms with Gasteiger partial charge >= 0.3 is 11.9 Å².